The van der Waals surface area contributed by atoms with E-state index in [4.69, 9.17) is 0 Å². The fourth-order valence-corrected chi connectivity index (χ4v) is 3.05. The Morgan fingerprint density at radius 3 is 2.55 bits per heavy atom. The number of aryl methyl sites for hydroxylation is 1. The highest BCUT2D eigenvalue weighted by Gasteiger charge is 2.21. The first-order valence-corrected chi connectivity index (χ1v) is 7.05. The summed E-state index contributed by atoms with van der Waals surface area (Å²) < 4.78 is 39.1. The quantitative estimate of drug-likeness (QED) is 0.850. The highest BCUT2D eigenvalue weighted by atomic mass is 32.2. The van der Waals surface area contributed by atoms with Crippen molar-refractivity contribution in [3.8, 4) is 17.3 Å². The number of halogens is 3. The van der Waals surface area contributed by atoms with E-state index in [1.807, 2.05) is 0 Å². The van der Waals surface area contributed by atoms with Gasteiger partial charge in [-0.3, -0.25) is 4.94 Å². The molecule has 3 nitrogen and oxygen atoms in total. The van der Waals surface area contributed by atoms with Crippen LogP contribution in [0.4, 0.5) is 13.3 Å². The van der Waals surface area contributed by atoms with Crippen molar-refractivity contribution in [2.24, 2.45) is 0 Å². The molecule has 0 saturated heterocycles. The van der Waals surface area contributed by atoms with Crippen LogP contribution in [0.15, 0.2) is 18.2 Å². The van der Waals surface area contributed by atoms with Gasteiger partial charge < -0.3 is 0 Å². The zero-order chi connectivity index (χ0) is 14.1. The molecule has 0 atom stereocenters. The second-order valence-corrected chi connectivity index (χ2v) is 5.42. The van der Waals surface area contributed by atoms with Gasteiger partial charge >= 0.3 is 0 Å². The van der Waals surface area contributed by atoms with Gasteiger partial charge in [0.05, 0.1) is 11.3 Å². The number of thioether (sulfide) groups is 1. The Morgan fingerprint density at radius 1 is 1.10 bits per heavy atom. The van der Waals surface area contributed by atoms with Crippen LogP contribution in [0, 0.1) is 11.6 Å². The topological polar surface area (TPSA) is 35.0 Å². The number of fused-ring (bicyclic) bond motifs is 1. The molecule has 0 saturated carbocycles. The second kappa shape index (κ2) is 5.32. The highest BCUT2D eigenvalue weighted by Crippen LogP contribution is 2.32. The molecular formula is C13H9F3N2OS. The van der Waals surface area contributed by atoms with E-state index in [1.54, 1.807) is 11.8 Å². The first-order valence-electron chi connectivity index (χ1n) is 5.90. The lowest BCUT2D eigenvalue weighted by Gasteiger charge is -2.16. The van der Waals surface area contributed by atoms with Crippen molar-refractivity contribution in [3.63, 3.8) is 0 Å². The molecular weight excluding hydrogens is 289 g/mol. The van der Waals surface area contributed by atoms with Gasteiger partial charge in [-0.05, 0) is 24.3 Å². The lowest BCUT2D eigenvalue weighted by Crippen LogP contribution is -2.09. The van der Waals surface area contributed by atoms with E-state index in [0.717, 1.165) is 24.0 Å². The second-order valence-electron chi connectivity index (χ2n) is 4.32. The first-order chi connectivity index (χ1) is 9.67. The van der Waals surface area contributed by atoms with Gasteiger partial charge in [-0.25, -0.2) is 13.8 Å². The van der Waals surface area contributed by atoms with Crippen LogP contribution in [0.3, 0.4) is 0 Å². The molecule has 0 aliphatic carbocycles. The van der Waals surface area contributed by atoms with Crippen LogP contribution >= 0.6 is 11.8 Å². The Hall–Kier alpha value is -1.76. The minimum absolute atomic E-state index is 0.0571. The summed E-state index contributed by atoms with van der Waals surface area (Å²) in [7, 11) is 0. The summed E-state index contributed by atoms with van der Waals surface area (Å²) in [5.74, 6) is -0.179. The molecule has 0 fully saturated rings. The molecule has 0 unspecified atom stereocenters. The summed E-state index contributed by atoms with van der Waals surface area (Å²) in [5.41, 5.74) is 1.41. The van der Waals surface area contributed by atoms with Crippen molar-refractivity contribution in [1.29, 1.82) is 0 Å². The van der Waals surface area contributed by atoms with E-state index in [9.17, 15) is 13.3 Å². The number of hydrogen-bond acceptors (Lipinski definition) is 4. The van der Waals surface area contributed by atoms with Crippen LogP contribution < -0.4 is 4.94 Å². The summed E-state index contributed by atoms with van der Waals surface area (Å²) in [5, 5.41) is 0. The van der Waals surface area contributed by atoms with Crippen LogP contribution in [0.25, 0.3) is 11.4 Å². The lowest BCUT2D eigenvalue weighted by atomic mass is 10.1. The lowest BCUT2D eigenvalue weighted by molar-refractivity contribution is -0.0129. The Bertz CT molecular complexity index is 629. The van der Waals surface area contributed by atoms with Gasteiger partial charge in [0.25, 0.3) is 5.88 Å². The monoisotopic (exact) mass is 298 g/mol. The summed E-state index contributed by atoms with van der Waals surface area (Å²) in [6.45, 7) is 0. The number of benzene rings is 1. The molecule has 7 heteroatoms. The number of nitrogens with zero attached hydrogens (tertiary/aromatic N) is 2. The van der Waals surface area contributed by atoms with E-state index >= 15 is 0 Å². The van der Waals surface area contributed by atoms with E-state index in [-0.39, 0.29) is 17.3 Å². The van der Waals surface area contributed by atoms with Crippen molar-refractivity contribution in [2.75, 3.05) is 5.75 Å². The molecule has 1 aromatic carbocycles. The zero-order valence-electron chi connectivity index (χ0n) is 10.2. The van der Waals surface area contributed by atoms with Crippen LogP contribution in [-0.2, 0) is 12.2 Å². The average molecular weight is 298 g/mol. The van der Waals surface area contributed by atoms with Gasteiger partial charge in [0.2, 0.25) is 0 Å². The van der Waals surface area contributed by atoms with Gasteiger partial charge in [0.15, 0.2) is 5.82 Å². The maximum Gasteiger partial charge on any atom is 0.270 e. The predicted octanol–water partition coefficient (Wildman–Crippen LogP) is 3.47. The molecule has 0 radical (unpaired) electrons. The van der Waals surface area contributed by atoms with Gasteiger partial charge in [0, 0.05) is 21.9 Å². The molecule has 2 aromatic rings. The number of hydrogen-bond donors (Lipinski definition) is 0. The summed E-state index contributed by atoms with van der Waals surface area (Å²) in [6.07, 6.45) is 0.643. The SMILES string of the molecule is FOc1nc(-c2cc(F)cc(F)c2)nc2c1CSCC2. The minimum Gasteiger partial charge on any atom is -0.273 e. The van der Waals surface area contributed by atoms with E-state index in [0.29, 0.717) is 23.4 Å². The molecule has 0 bridgehead atoms. The van der Waals surface area contributed by atoms with Crippen molar-refractivity contribution in [1.82, 2.24) is 9.97 Å². The average Bonchev–Trinajstić information content (AvgIpc) is 2.45. The number of rotatable bonds is 2. The van der Waals surface area contributed by atoms with Crippen LogP contribution in [-0.4, -0.2) is 15.7 Å². The third-order valence-electron chi connectivity index (χ3n) is 2.98. The van der Waals surface area contributed by atoms with E-state index in [2.05, 4.69) is 14.9 Å². The molecule has 104 valence electrons. The van der Waals surface area contributed by atoms with Crippen LogP contribution in [0.2, 0.25) is 0 Å². The highest BCUT2D eigenvalue weighted by molar-refractivity contribution is 7.98. The number of aromatic nitrogens is 2. The minimum atomic E-state index is -0.736. The van der Waals surface area contributed by atoms with Gasteiger partial charge in [0.1, 0.15) is 11.6 Å². The third-order valence-corrected chi connectivity index (χ3v) is 3.96. The van der Waals surface area contributed by atoms with Crippen molar-refractivity contribution in [2.45, 2.75) is 12.2 Å². The maximum absolute atomic E-state index is 13.2. The fraction of sp³-hybridized carbons (Fsp3) is 0.231. The van der Waals surface area contributed by atoms with Crippen molar-refractivity contribution in [3.05, 3.63) is 41.1 Å². The summed E-state index contributed by atoms with van der Waals surface area (Å²) >= 11 is 1.63. The normalized spacial score (nSPS) is 13.9. The fourth-order valence-electron chi connectivity index (χ4n) is 2.08. The molecule has 0 N–H and O–H groups in total. The van der Waals surface area contributed by atoms with Crippen LogP contribution in [0.1, 0.15) is 11.3 Å². The molecule has 1 aliphatic rings. The Kier molecular flexibility index (Phi) is 3.52. The zero-order valence-corrected chi connectivity index (χ0v) is 11.0. The smallest absolute Gasteiger partial charge is 0.270 e. The molecule has 1 aliphatic heterocycles. The van der Waals surface area contributed by atoms with Gasteiger partial charge in [-0.2, -0.15) is 16.7 Å². The molecule has 20 heavy (non-hydrogen) atoms. The van der Waals surface area contributed by atoms with Crippen molar-refractivity contribution < 1.29 is 18.2 Å². The Balaban J connectivity index is 2.14. The largest absolute Gasteiger partial charge is 0.273 e. The Labute approximate surface area is 117 Å². The molecule has 1 aromatic heterocycles. The van der Waals surface area contributed by atoms with E-state index in [1.165, 1.54) is 0 Å². The molecule has 0 amide bonds. The predicted molar refractivity (Wildman–Crippen MR) is 69.0 cm³/mol. The van der Waals surface area contributed by atoms with Crippen LogP contribution in [0.5, 0.6) is 5.88 Å². The molecule has 0 spiro atoms. The summed E-state index contributed by atoms with van der Waals surface area (Å²) in [4.78, 5) is 12.0. The molecule has 2 heterocycles. The first kappa shape index (κ1) is 13.2. The maximum atomic E-state index is 13.2. The van der Waals surface area contributed by atoms with Gasteiger partial charge in [-0.15, -0.1) is 0 Å². The summed E-state index contributed by atoms with van der Waals surface area (Å²) in [6, 6.07) is 2.96. The van der Waals surface area contributed by atoms with E-state index < -0.39 is 11.6 Å². The Morgan fingerprint density at radius 2 is 1.85 bits per heavy atom. The molecule has 3 rings (SSSR count). The van der Waals surface area contributed by atoms with Gasteiger partial charge in [-0.1, -0.05) is 0 Å². The third kappa shape index (κ3) is 2.45. The van der Waals surface area contributed by atoms with Crippen molar-refractivity contribution >= 4 is 11.8 Å². The standard InChI is InChI=1S/C13H9F3N2OS/c14-8-3-7(4-9(15)5-8)12-17-11-1-2-20-6-10(11)13(18-12)19-16/h3-5H,1-2,6H2.